The standard InChI is InChI=1S/C18H31N3O3/c1-18(2,3)24-17(22)20-11-10-19-13-16(21(4)5)14-8-7-9-15(12-14)23-6/h7-9,12,16,19H,10-11,13H2,1-6H3,(H,20,22). The number of hydrogen-bond acceptors (Lipinski definition) is 5. The van der Waals surface area contributed by atoms with Crippen LogP contribution in [-0.2, 0) is 4.74 Å². The zero-order valence-electron chi connectivity index (χ0n) is 15.7. The van der Waals surface area contributed by atoms with Crippen LogP contribution < -0.4 is 15.4 Å². The van der Waals surface area contributed by atoms with E-state index in [1.807, 2.05) is 53.1 Å². The molecule has 0 aliphatic heterocycles. The number of likely N-dealkylation sites (N-methyl/N-ethyl adjacent to an activating group) is 1. The molecule has 0 radical (unpaired) electrons. The first-order valence-corrected chi connectivity index (χ1v) is 8.21. The average Bonchev–Trinajstić information content (AvgIpc) is 2.48. The summed E-state index contributed by atoms with van der Waals surface area (Å²) in [5, 5.41) is 6.11. The van der Waals surface area contributed by atoms with E-state index in [9.17, 15) is 4.79 Å². The van der Waals surface area contributed by atoms with Crippen molar-refractivity contribution in [1.82, 2.24) is 15.5 Å². The largest absolute Gasteiger partial charge is 0.497 e. The third-order valence-electron chi connectivity index (χ3n) is 3.41. The monoisotopic (exact) mass is 337 g/mol. The summed E-state index contributed by atoms with van der Waals surface area (Å²) < 4.78 is 10.5. The average molecular weight is 337 g/mol. The molecule has 1 unspecified atom stereocenters. The van der Waals surface area contributed by atoms with E-state index < -0.39 is 5.60 Å². The molecule has 0 bridgehead atoms. The zero-order valence-corrected chi connectivity index (χ0v) is 15.7. The van der Waals surface area contributed by atoms with Crippen molar-refractivity contribution in [1.29, 1.82) is 0 Å². The van der Waals surface area contributed by atoms with Crippen LogP contribution in [0, 0.1) is 0 Å². The van der Waals surface area contributed by atoms with Gasteiger partial charge in [-0.05, 0) is 52.6 Å². The molecule has 2 N–H and O–H groups in total. The minimum Gasteiger partial charge on any atom is -0.497 e. The van der Waals surface area contributed by atoms with Crippen LogP contribution in [0.1, 0.15) is 32.4 Å². The predicted octanol–water partition coefficient (Wildman–Crippen LogP) is 2.41. The number of benzene rings is 1. The fourth-order valence-corrected chi connectivity index (χ4v) is 2.25. The number of nitrogens with zero attached hydrogens (tertiary/aromatic N) is 1. The normalized spacial score (nSPS) is 12.8. The minimum absolute atomic E-state index is 0.224. The van der Waals surface area contributed by atoms with Crippen molar-refractivity contribution in [3.8, 4) is 5.75 Å². The highest BCUT2D eigenvalue weighted by molar-refractivity contribution is 5.67. The van der Waals surface area contributed by atoms with Crippen molar-refractivity contribution in [2.45, 2.75) is 32.4 Å². The van der Waals surface area contributed by atoms with Crippen molar-refractivity contribution in [3.63, 3.8) is 0 Å². The second kappa shape index (κ2) is 9.49. The highest BCUT2D eigenvalue weighted by Crippen LogP contribution is 2.21. The van der Waals surface area contributed by atoms with Crippen molar-refractivity contribution >= 4 is 6.09 Å². The summed E-state index contributed by atoms with van der Waals surface area (Å²) in [5.74, 6) is 0.853. The summed E-state index contributed by atoms with van der Waals surface area (Å²) in [6.45, 7) is 7.51. The van der Waals surface area contributed by atoms with E-state index in [0.717, 1.165) is 12.3 Å². The highest BCUT2D eigenvalue weighted by Gasteiger charge is 2.16. The summed E-state index contributed by atoms with van der Waals surface area (Å²) in [4.78, 5) is 13.7. The van der Waals surface area contributed by atoms with Gasteiger partial charge in [0.1, 0.15) is 11.4 Å². The molecule has 0 fully saturated rings. The molecule has 1 atom stereocenters. The molecule has 0 aliphatic rings. The Morgan fingerprint density at radius 1 is 1.25 bits per heavy atom. The third kappa shape index (κ3) is 7.66. The van der Waals surface area contributed by atoms with Gasteiger partial charge < -0.3 is 25.0 Å². The first-order chi connectivity index (χ1) is 11.2. The molecule has 1 amide bonds. The summed E-state index contributed by atoms with van der Waals surface area (Å²) in [6.07, 6.45) is -0.388. The summed E-state index contributed by atoms with van der Waals surface area (Å²) in [7, 11) is 5.76. The van der Waals surface area contributed by atoms with Crippen LogP contribution in [0.4, 0.5) is 4.79 Å². The first-order valence-electron chi connectivity index (χ1n) is 8.21. The van der Waals surface area contributed by atoms with Gasteiger partial charge in [-0.15, -0.1) is 0 Å². The second-order valence-electron chi connectivity index (χ2n) is 6.89. The lowest BCUT2D eigenvalue weighted by molar-refractivity contribution is 0.0528. The van der Waals surface area contributed by atoms with Gasteiger partial charge in [-0.2, -0.15) is 0 Å². The zero-order chi connectivity index (χ0) is 18.2. The number of amides is 1. The smallest absolute Gasteiger partial charge is 0.407 e. The first kappa shape index (κ1) is 20.3. The Morgan fingerprint density at radius 2 is 1.96 bits per heavy atom. The van der Waals surface area contributed by atoms with Crippen LogP contribution >= 0.6 is 0 Å². The molecule has 24 heavy (non-hydrogen) atoms. The van der Waals surface area contributed by atoms with Gasteiger partial charge >= 0.3 is 6.09 Å². The summed E-state index contributed by atoms with van der Waals surface area (Å²) >= 11 is 0. The molecule has 6 heteroatoms. The minimum atomic E-state index is -0.472. The molecule has 0 saturated heterocycles. The number of nitrogens with one attached hydrogen (secondary N) is 2. The molecule has 1 aromatic carbocycles. The van der Waals surface area contributed by atoms with Crippen molar-refractivity contribution in [2.24, 2.45) is 0 Å². The van der Waals surface area contributed by atoms with Gasteiger partial charge in [0, 0.05) is 25.7 Å². The number of rotatable bonds is 8. The van der Waals surface area contributed by atoms with Gasteiger partial charge in [0.15, 0.2) is 0 Å². The molecule has 1 rings (SSSR count). The fourth-order valence-electron chi connectivity index (χ4n) is 2.25. The molecule has 1 aromatic rings. The lowest BCUT2D eigenvalue weighted by Gasteiger charge is -2.25. The van der Waals surface area contributed by atoms with E-state index in [1.165, 1.54) is 5.56 Å². The van der Waals surface area contributed by atoms with Crippen LogP contribution in [0.15, 0.2) is 24.3 Å². The fraction of sp³-hybridized carbons (Fsp3) is 0.611. The van der Waals surface area contributed by atoms with E-state index in [1.54, 1.807) is 7.11 Å². The van der Waals surface area contributed by atoms with E-state index in [0.29, 0.717) is 13.1 Å². The lowest BCUT2D eigenvalue weighted by Crippen LogP contribution is -2.38. The van der Waals surface area contributed by atoms with Crippen molar-refractivity contribution in [2.75, 3.05) is 40.8 Å². The predicted molar refractivity (Wildman–Crippen MR) is 96.5 cm³/mol. The van der Waals surface area contributed by atoms with Gasteiger partial charge in [0.05, 0.1) is 7.11 Å². The topological polar surface area (TPSA) is 62.8 Å². The maximum Gasteiger partial charge on any atom is 0.407 e. The molecule has 0 aromatic heterocycles. The van der Waals surface area contributed by atoms with Gasteiger partial charge in [0.25, 0.3) is 0 Å². The molecule has 0 saturated carbocycles. The molecule has 136 valence electrons. The molecule has 0 spiro atoms. The Bertz CT molecular complexity index is 512. The van der Waals surface area contributed by atoms with Crippen LogP contribution in [-0.4, -0.2) is 57.4 Å². The third-order valence-corrected chi connectivity index (χ3v) is 3.41. The van der Waals surface area contributed by atoms with E-state index in [4.69, 9.17) is 9.47 Å². The quantitative estimate of drug-likeness (QED) is 0.713. The lowest BCUT2D eigenvalue weighted by atomic mass is 10.1. The van der Waals surface area contributed by atoms with Crippen LogP contribution in [0.5, 0.6) is 5.75 Å². The van der Waals surface area contributed by atoms with Gasteiger partial charge in [-0.25, -0.2) is 4.79 Å². The van der Waals surface area contributed by atoms with Gasteiger partial charge in [-0.3, -0.25) is 0 Å². The molecule has 6 nitrogen and oxygen atoms in total. The Labute approximate surface area is 145 Å². The Hall–Kier alpha value is -1.79. The SMILES string of the molecule is COc1cccc(C(CNCCNC(=O)OC(C)(C)C)N(C)C)c1. The van der Waals surface area contributed by atoms with Crippen molar-refractivity contribution < 1.29 is 14.3 Å². The summed E-state index contributed by atoms with van der Waals surface area (Å²) in [5.41, 5.74) is 0.715. The molecule has 0 aliphatic carbocycles. The van der Waals surface area contributed by atoms with Crippen molar-refractivity contribution in [3.05, 3.63) is 29.8 Å². The number of ether oxygens (including phenoxy) is 2. The number of hydrogen-bond donors (Lipinski definition) is 2. The maximum absolute atomic E-state index is 11.6. The number of methoxy groups -OCH3 is 1. The van der Waals surface area contributed by atoms with Crippen LogP contribution in [0.2, 0.25) is 0 Å². The van der Waals surface area contributed by atoms with Gasteiger partial charge in [0.2, 0.25) is 0 Å². The second-order valence-corrected chi connectivity index (χ2v) is 6.89. The number of carbonyl (C=O) groups excluding carboxylic acids is 1. The Balaban J connectivity index is 2.41. The summed E-state index contributed by atoms with van der Waals surface area (Å²) in [6, 6.07) is 8.30. The number of carbonyl (C=O) groups is 1. The van der Waals surface area contributed by atoms with E-state index in [2.05, 4.69) is 21.6 Å². The van der Waals surface area contributed by atoms with Crippen LogP contribution in [0.3, 0.4) is 0 Å². The van der Waals surface area contributed by atoms with E-state index >= 15 is 0 Å². The van der Waals surface area contributed by atoms with E-state index in [-0.39, 0.29) is 12.1 Å². The molecular weight excluding hydrogens is 306 g/mol. The Morgan fingerprint density at radius 3 is 2.54 bits per heavy atom. The van der Waals surface area contributed by atoms with Gasteiger partial charge in [-0.1, -0.05) is 12.1 Å². The molecule has 0 heterocycles. The van der Waals surface area contributed by atoms with Crippen LogP contribution in [0.25, 0.3) is 0 Å². The molecular formula is C18H31N3O3. The Kier molecular flexibility index (Phi) is 8.01. The highest BCUT2D eigenvalue weighted by atomic mass is 16.6. The maximum atomic E-state index is 11.6. The number of alkyl carbamates (subject to hydrolysis) is 1.